The molecular formula is C22H29Cl2N3O3. The lowest BCUT2D eigenvalue weighted by Gasteiger charge is -2.30. The number of hydrogen-bond donors (Lipinski definition) is 1. The first-order valence-corrected chi connectivity index (χ1v) is 11.3. The van der Waals surface area contributed by atoms with Crippen LogP contribution in [0.3, 0.4) is 0 Å². The Kier molecular flexibility index (Phi) is 8.57. The average Bonchev–Trinajstić information content (AvgIpc) is 2.91. The second kappa shape index (κ2) is 11.1. The van der Waals surface area contributed by atoms with Gasteiger partial charge < -0.3 is 19.8 Å². The third-order valence-electron chi connectivity index (χ3n) is 5.64. The van der Waals surface area contributed by atoms with E-state index in [-0.39, 0.29) is 17.9 Å². The van der Waals surface area contributed by atoms with E-state index in [1.54, 1.807) is 29.2 Å². The number of halogens is 2. The van der Waals surface area contributed by atoms with Gasteiger partial charge in [-0.05, 0) is 56.1 Å². The molecule has 0 bridgehead atoms. The highest BCUT2D eigenvalue weighted by Crippen LogP contribution is 2.23. The molecule has 1 N–H and O–H groups in total. The summed E-state index contributed by atoms with van der Waals surface area (Å²) < 4.78 is 0. The molecule has 1 aromatic carbocycles. The first-order valence-electron chi connectivity index (χ1n) is 10.5. The van der Waals surface area contributed by atoms with Crippen molar-refractivity contribution in [2.24, 2.45) is 0 Å². The van der Waals surface area contributed by atoms with Gasteiger partial charge in [-0.3, -0.25) is 9.59 Å². The lowest BCUT2D eigenvalue weighted by molar-refractivity contribution is -0.130. The summed E-state index contributed by atoms with van der Waals surface area (Å²) in [5.74, 6) is -0.0181. The van der Waals surface area contributed by atoms with Gasteiger partial charge in [0.05, 0.1) is 16.1 Å². The molecule has 2 saturated heterocycles. The van der Waals surface area contributed by atoms with Gasteiger partial charge in [0.25, 0.3) is 0 Å². The molecule has 3 rings (SSSR count). The molecule has 2 amide bonds. The molecular weight excluding hydrogens is 425 g/mol. The Hall–Kier alpha value is -1.60. The summed E-state index contributed by atoms with van der Waals surface area (Å²) >= 11 is 11.9. The summed E-state index contributed by atoms with van der Waals surface area (Å²) in [4.78, 5) is 30.9. The minimum absolute atomic E-state index is 0.0949. The molecule has 0 saturated carbocycles. The van der Waals surface area contributed by atoms with Crippen LogP contribution in [-0.2, 0) is 9.59 Å². The quantitative estimate of drug-likeness (QED) is 0.672. The maximum absolute atomic E-state index is 12.6. The number of nitrogens with zero attached hydrogens (tertiary/aromatic N) is 3. The van der Waals surface area contributed by atoms with E-state index in [1.165, 1.54) is 6.08 Å². The van der Waals surface area contributed by atoms with E-state index in [1.807, 2.05) is 4.90 Å². The van der Waals surface area contributed by atoms with Crippen molar-refractivity contribution in [3.8, 4) is 0 Å². The highest BCUT2D eigenvalue weighted by Gasteiger charge is 2.23. The van der Waals surface area contributed by atoms with Gasteiger partial charge in [0.1, 0.15) is 0 Å². The van der Waals surface area contributed by atoms with E-state index in [4.69, 9.17) is 23.2 Å². The first-order chi connectivity index (χ1) is 14.4. The Balaban J connectivity index is 1.46. The minimum atomic E-state index is -0.227. The standard InChI is InChI=1S/C22H29Cl2N3O3/c23-19-6-4-17(15-20(19)24)5-7-21(29)27-12-8-22(30)26(13-14-27)11-2-10-25-9-1-3-18(28)16-25/h4-7,15,18,28H,1-3,8-14,16H2/b7-5+/t18-/m0/s1. The van der Waals surface area contributed by atoms with Crippen LogP contribution in [0.25, 0.3) is 6.08 Å². The summed E-state index contributed by atoms with van der Waals surface area (Å²) in [6, 6.07) is 5.21. The zero-order valence-corrected chi connectivity index (χ0v) is 18.6. The SMILES string of the molecule is O=C(/C=C/c1ccc(Cl)c(Cl)c1)N1CCC(=O)N(CCCN2CCC[C@H](O)C2)CC1. The fraction of sp³-hybridized carbons (Fsp3) is 0.545. The normalized spacial score (nSPS) is 21.3. The molecule has 2 fully saturated rings. The van der Waals surface area contributed by atoms with Crippen molar-refractivity contribution in [1.82, 2.24) is 14.7 Å². The number of amides is 2. The van der Waals surface area contributed by atoms with Crippen LogP contribution in [0.5, 0.6) is 0 Å². The number of benzene rings is 1. The first kappa shape index (κ1) is 23.1. The van der Waals surface area contributed by atoms with E-state index in [2.05, 4.69) is 4.90 Å². The van der Waals surface area contributed by atoms with E-state index < -0.39 is 0 Å². The smallest absolute Gasteiger partial charge is 0.246 e. The van der Waals surface area contributed by atoms with E-state index in [9.17, 15) is 14.7 Å². The molecule has 0 spiro atoms. The van der Waals surface area contributed by atoms with Crippen LogP contribution in [-0.4, -0.2) is 83.5 Å². The van der Waals surface area contributed by atoms with Gasteiger partial charge >= 0.3 is 0 Å². The van der Waals surface area contributed by atoms with Crippen LogP contribution in [0, 0.1) is 0 Å². The second-order valence-corrected chi connectivity index (χ2v) is 8.73. The predicted octanol–water partition coefficient (Wildman–Crippen LogP) is 2.91. The molecule has 30 heavy (non-hydrogen) atoms. The van der Waals surface area contributed by atoms with E-state index >= 15 is 0 Å². The summed E-state index contributed by atoms with van der Waals surface area (Å²) in [5, 5.41) is 10.7. The number of carbonyl (C=O) groups excluding carboxylic acids is 2. The van der Waals surface area contributed by atoms with E-state index in [0.717, 1.165) is 44.5 Å². The zero-order chi connectivity index (χ0) is 21.5. The number of hydrogen-bond acceptors (Lipinski definition) is 4. The van der Waals surface area contributed by atoms with Gasteiger partial charge in [0.15, 0.2) is 0 Å². The molecule has 164 valence electrons. The molecule has 0 unspecified atom stereocenters. The predicted molar refractivity (Wildman–Crippen MR) is 120 cm³/mol. The maximum Gasteiger partial charge on any atom is 0.246 e. The zero-order valence-electron chi connectivity index (χ0n) is 17.1. The monoisotopic (exact) mass is 453 g/mol. The van der Waals surface area contributed by atoms with Gasteiger partial charge in [-0.1, -0.05) is 29.3 Å². The van der Waals surface area contributed by atoms with Crippen LogP contribution in [0.15, 0.2) is 24.3 Å². The molecule has 1 atom stereocenters. The molecule has 0 aromatic heterocycles. The highest BCUT2D eigenvalue weighted by molar-refractivity contribution is 6.42. The highest BCUT2D eigenvalue weighted by atomic mass is 35.5. The lowest BCUT2D eigenvalue weighted by atomic mass is 10.1. The van der Waals surface area contributed by atoms with Crippen molar-refractivity contribution in [2.45, 2.75) is 31.8 Å². The summed E-state index contributed by atoms with van der Waals surface area (Å²) in [7, 11) is 0. The van der Waals surface area contributed by atoms with Crippen LogP contribution in [0.2, 0.25) is 10.0 Å². The van der Waals surface area contributed by atoms with Gasteiger partial charge in [-0.25, -0.2) is 0 Å². The van der Waals surface area contributed by atoms with Crippen molar-refractivity contribution < 1.29 is 14.7 Å². The van der Waals surface area contributed by atoms with Crippen molar-refractivity contribution in [2.75, 3.05) is 45.8 Å². The molecule has 2 heterocycles. The molecule has 1 aromatic rings. The third-order valence-corrected chi connectivity index (χ3v) is 6.38. The Morgan fingerprint density at radius 1 is 1.13 bits per heavy atom. The van der Waals surface area contributed by atoms with Gasteiger partial charge in [0, 0.05) is 45.2 Å². The van der Waals surface area contributed by atoms with Gasteiger partial charge in [-0.2, -0.15) is 0 Å². The summed E-state index contributed by atoms with van der Waals surface area (Å²) in [6.45, 7) is 4.81. The largest absolute Gasteiger partial charge is 0.392 e. The topological polar surface area (TPSA) is 64.1 Å². The number of carbonyl (C=O) groups is 2. The average molecular weight is 454 g/mol. The van der Waals surface area contributed by atoms with Crippen molar-refractivity contribution in [1.29, 1.82) is 0 Å². The fourth-order valence-corrected chi connectivity index (χ4v) is 4.24. The fourth-order valence-electron chi connectivity index (χ4n) is 3.93. The number of piperidine rings is 1. The Bertz CT molecular complexity index is 787. The van der Waals surface area contributed by atoms with Crippen LogP contribution in [0.1, 0.15) is 31.2 Å². The van der Waals surface area contributed by atoms with Crippen molar-refractivity contribution in [3.63, 3.8) is 0 Å². The number of aliphatic hydroxyl groups excluding tert-OH is 1. The second-order valence-electron chi connectivity index (χ2n) is 7.91. The number of β-amino-alcohol motifs (C(OH)–C–C–N with tert-alkyl or cyclic N) is 1. The van der Waals surface area contributed by atoms with Crippen LogP contribution < -0.4 is 0 Å². The molecule has 0 radical (unpaired) electrons. The van der Waals surface area contributed by atoms with Crippen molar-refractivity contribution >= 4 is 41.1 Å². The Morgan fingerprint density at radius 3 is 2.73 bits per heavy atom. The van der Waals surface area contributed by atoms with Gasteiger partial charge in [-0.15, -0.1) is 0 Å². The molecule has 8 heteroatoms. The van der Waals surface area contributed by atoms with Crippen LogP contribution in [0.4, 0.5) is 0 Å². The maximum atomic E-state index is 12.6. The summed E-state index contributed by atoms with van der Waals surface area (Å²) in [5.41, 5.74) is 0.799. The minimum Gasteiger partial charge on any atom is -0.392 e. The summed E-state index contributed by atoms with van der Waals surface area (Å²) in [6.07, 6.45) is 6.12. The van der Waals surface area contributed by atoms with Gasteiger partial charge in [0.2, 0.25) is 11.8 Å². The Morgan fingerprint density at radius 2 is 1.97 bits per heavy atom. The molecule has 0 aliphatic carbocycles. The Labute approximate surface area is 188 Å². The van der Waals surface area contributed by atoms with E-state index in [0.29, 0.717) is 42.6 Å². The van der Waals surface area contributed by atoms with Crippen molar-refractivity contribution in [3.05, 3.63) is 39.9 Å². The number of aliphatic hydroxyl groups is 1. The number of likely N-dealkylation sites (tertiary alicyclic amines) is 1. The van der Waals surface area contributed by atoms with Crippen LogP contribution >= 0.6 is 23.2 Å². The number of rotatable bonds is 6. The molecule has 2 aliphatic rings. The molecule has 6 nitrogen and oxygen atoms in total. The lowest BCUT2D eigenvalue weighted by Crippen LogP contribution is -2.40. The molecule has 2 aliphatic heterocycles. The third kappa shape index (κ3) is 6.71.